The number of carbonyl (C=O) groups is 1. The number of hydrogen-bond donors (Lipinski definition) is 0. The lowest BCUT2D eigenvalue weighted by atomic mass is 10.1. The molecule has 0 saturated heterocycles. The van der Waals surface area contributed by atoms with Gasteiger partial charge in [0, 0.05) is 17.2 Å². The van der Waals surface area contributed by atoms with E-state index in [1.165, 1.54) is 12.1 Å². The van der Waals surface area contributed by atoms with Gasteiger partial charge in [0.25, 0.3) is 0 Å². The number of thioether (sulfide) groups is 1. The summed E-state index contributed by atoms with van der Waals surface area (Å²) in [6, 6.07) is 7.79. The molecule has 0 aliphatic rings. The van der Waals surface area contributed by atoms with Crippen LogP contribution in [0.15, 0.2) is 35.4 Å². The van der Waals surface area contributed by atoms with Crippen molar-refractivity contribution in [1.29, 1.82) is 0 Å². The third-order valence-corrected chi connectivity index (χ3v) is 4.39. The van der Waals surface area contributed by atoms with Crippen LogP contribution >= 0.6 is 11.8 Å². The molecule has 1 heterocycles. The van der Waals surface area contributed by atoms with Crippen molar-refractivity contribution in [1.82, 2.24) is 4.98 Å². The number of carbonyl (C=O) groups excluding carboxylic acids is 1. The normalized spacial score (nSPS) is 10.9. The first-order chi connectivity index (χ1) is 12.9. The molecule has 0 spiro atoms. The minimum atomic E-state index is -0.801. The van der Waals surface area contributed by atoms with E-state index in [0.29, 0.717) is 29.5 Å². The standard InChI is InChI=1S/C20H23F2NO3S/c1-4-25-19(24)9-6-10-26-20-15(21)11-14(12-16(20)22)17-7-5-8-18(23-17)27-13(2)3/h5,7-8,11-13H,4,6,9-10H2,1-3H3. The summed E-state index contributed by atoms with van der Waals surface area (Å²) < 4.78 is 38.6. The second-order valence-electron chi connectivity index (χ2n) is 6.05. The van der Waals surface area contributed by atoms with Gasteiger partial charge in [0.1, 0.15) is 0 Å². The highest BCUT2D eigenvalue weighted by molar-refractivity contribution is 7.99. The van der Waals surface area contributed by atoms with Gasteiger partial charge in [-0.2, -0.15) is 0 Å². The summed E-state index contributed by atoms with van der Waals surface area (Å²) in [5, 5.41) is 1.15. The van der Waals surface area contributed by atoms with E-state index in [1.807, 2.05) is 26.0 Å². The van der Waals surface area contributed by atoms with Crippen LogP contribution < -0.4 is 4.74 Å². The fraction of sp³-hybridized carbons (Fsp3) is 0.400. The molecule has 146 valence electrons. The average Bonchev–Trinajstić information content (AvgIpc) is 2.60. The monoisotopic (exact) mass is 395 g/mol. The van der Waals surface area contributed by atoms with Gasteiger partial charge >= 0.3 is 5.97 Å². The van der Waals surface area contributed by atoms with Crippen LogP contribution in [0.3, 0.4) is 0 Å². The second-order valence-corrected chi connectivity index (χ2v) is 7.65. The Morgan fingerprint density at radius 1 is 1.22 bits per heavy atom. The third-order valence-electron chi connectivity index (χ3n) is 3.45. The van der Waals surface area contributed by atoms with Gasteiger partial charge in [-0.3, -0.25) is 4.79 Å². The third kappa shape index (κ3) is 6.50. The summed E-state index contributed by atoms with van der Waals surface area (Å²) in [4.78, 5) is 15.7. The van der Waals surface area contributed by atoms with Crippen LogP contribution in [0, 0.1) is 11.6 Å². The van der Waals surface area contributed by atoms with Gasteiger partial charge in [-0.15, -0.1) is 11.8 Å². The van der Waals surface area contributed by atoms with Crippen molar-refractivity contribution in [2.75, 3.05) is 13.2 Å². The Kier molecular flexibility index (Phi) is 8.03. The first kappa shape index (κ1) is 21.2. The van der Waals surface area contributed by atoms with Gasteiger partial charge < -0.3 is 9.47 Å². The van der Waals surface area contributed by atoms with E-state index >= 15 is 0 Å². The highest BCUT2D eigenvalue weighted by Crippen LogP contribution is 2.30. The Labute approximate surface area is 162 Å². The predicted molar refractivity (Wildman–Crippen MR) is 102 cm³/mol. The molecule has 7 heteroatoms. The van der Waals surface area contributed by atoms with Crippen molar-refractivity contribution < 1.29 is 23.0 Å². The Morgan fingerprint density at radius 2 is 1.93 bits per heavy atom. The molecule has 4 nitrogen and oxygen atoms in total. The first-order valence-electron chi connectivity index (χ1n) is 8.82. The van der Waals surface area contributed by atoms with Crippen molar-refractivity contribution in [3.8, 4) is 17.0 Å². The number of pyridine rings is 1. The topological polar surface area (TPSA) is 48.4 Å². The molecule has 0 aliphatic carbocycles. The number of esters is 1. The van der Waals surface area contributed by atoms with Crippen LogP contribution in [-0.2, 0) is 9.53 Å². The van der Waals surface area contributed by atoms with E-state index in [2.05, 4.69) is 4.98 Å². The van der Waals surface area contributed by atoms with Crippen molar-refractivity contribution in [2.45, 2.75) is 43.9 Å². The molecule has 0 radical (unpaired) electrons. The Bertz CT molecular complexity index is 761. The van der Waals surface area contributed by atoms with Gasteiger partial charge in [0.2, 0.25) is 0 Å². The van der Waals surface area contributed by atoms with Crippen LogP contribution in [0.5, 0.6) is 5.75 Å². The van der Waals surface area contributed by atoms with Crippen molar-refractivity contribution in [2.24, 2.45) is 0 Å². The first-order valence-corrected chi connectivity index (χ1v) is 9.70. The van der Waals surface area contributed by atoms with Crippen molar-refractivity contribution in [3.05, 3.63) is 42.0 Å². The van der Waals surface area contributed by atoms with Crippen molar-refractivity contribution >= 4 is 17.7 Å². The molecule has 1 aromatic carbocycles. The van der Waals surface area contributed by atoms with Gasteiger partial charge in [-0.05, 0) is 37.6 Å². The Hall–Kier alpha value is -2.15. The number of benzene rings is 1. The number of halogens is 2. The highest BCUT2D eigenvalue weighted by atomic mass is 32.2. The molecule has 0 saturated carbocycles. The van der Waals surface area contributed by atoms with Crippen LogP contribution in [0.4, 0.5) is 8.78 Å². The number of nitrogens with zero attached hydrogens (tertiary/aromatic N) is 1. The number of hydrogen-bond acceptors (Lipinski definition) is 5. The van der Waals surface area contributed by atoms with E-state index in [0.717, 1.165) is 5.03 Å². The van der Waals surface area contributed by atoms with E-state index < -0.39 is 17.4 Å². The summed E-state index contributed by atoms with van der Waals surface area (Å²) >= 11 is 1.58. The van der Waals surface area contributed by atoms with Gasteiger partial charge in [-0.1, -0.05) is 19.9 Å². The highest BCUT2D eigenvalue weighted by Gasteiger charge is 2.15. The SMILES string of the molecule is CCOC(=O)CCCOc1c(F)cc(-c2cccc(SC(C)C)n2)cc1F. The molecular formula is C20H23F2NO3S. The van der Waals surface area contributed by atoms with Gasteiger partial charge in [-0.25, -0.2) is 13.8 Å². The molecule has 0 bridgehead atoms. The molecule has 2 rings (SSSR count). The lowest BCUT2D eigenvalue weighted by molar-refractivity contribution is -0.143. The summed E-state index contributed by atoms with van der Waals surface area (Å²) in [5.74, 6) is -2.41. The minimum Gasteiger partial charge on any atom is -0.488 e. The van der Waals surface area contributed by atoms with E-state index in [-0.39, 0.29) is 19.0 Å². The zero-order chi connectivity index (χ0) is 19.8. The fourth-order valence-electron chi connectivity index (χ4n) is 2.35. The summed E-state index contributed by atoms with van der Waals surface area (Å²) in [5.41, 5.74) is 0.836. The van der Waals surface area contributed by atoms with Crippen LogP contribution in [0.2, 0.25) is 0 Å². The smallest absolute Gasteiger partial charge is 0.305 e. The average molecular weight is 395 g/mol. The molecule has 0 unspecified atom stereocenters. The fourth-order valence-corrected chi connectivity index (χ4v) is 3.14. The maximum Gasteiger partial charge on any atom is 0.305 e. The summed E-state index contributed by atoms with van der Waals surface area (Å²) in [6.07, 6.45) is 0.453. The van der Waals surface area contributed by atoms with Crippen molar-refractivity contribution in [3.63, 3.8) is 0 Å². The lowest BCUT2D eigenvalue weighted by Gasteiger charge is -2.11. The van der Waals surface area contributed by atoms with Crippen LogP contribution in [-0.4, -0.2) is 29.4 Å². The summed E-state index contributed by atoms with van der Waals surface area (Å²) in [7, 11) is 0. The molecule has 27 heavy (non-hydrogen) atoms. The number of ether oxygens (including phenoxy) is 2. The lowest BCUT2D eigenvalue weighted by Crippen LogP contribution is -2.08. The Morgan fingerprint density at radius 3 is 2.56 bits per heavy atom. The maximum atomic E-state index is 14.3. The zero-order valence-electron chi connectivity index (χ0n) is 15.6. The van der Waals surface area contributed by atoms with E-state index in [1.54, 1.807) is 24.8 Å². The molecule has 0 amide bonds. The quantitative estimate of drug-likeness (QED) is 0.330. The number of rotatable bonds is 9. The van der Waals surface area contributed by atoms with E-state index in [4.69, 9.17) is 9.47 Å². The minimum absolute atomic E-state index is 0.0186. The molecule has 0 atom stereocenters. The van der Waals surface area contributed by atoms with Crippen LogP contribution in [0.25, 0.3) is 11.3 Å². The molecule has 0 aliphatic heterocycles. The zero-order valence-corrected chi connectivity index (χ0v) is 16.4. The number of aromatic nitrogens is 1. The van der Waals surface area contributed by atoms with E-state index in [9.17, 15) is 13.6 Å². The largest absolute Gasteiger partial charge is 0.488 e. The van der Waals surface area contributed by atoms with Gasteiger partial charge in [0.05, 0.1) is 23.9 Å². The second kappa shape index (κ2) is 10.3. The Balaban J connectivity index is 2.07. The van der Waals surface area contributed by atoms with Gasteiger partial charge in [0.15, 0.2) is 17.4 Å². The molecule has 1 aromatic heterocycles. The maximum absolute atomic E-state index is 14.3. The molecular weight excluding hydrogens is 372 g/mol. The molecule has 2 aromatic rings. The molecule has 0 fully saturated rings. The van der Waals surface area contributed by atoms with Crippen LogP contribution in [0.1, 0.15) is 33.6 Å². The predicted octanol–water partition coefficient (Wildman–Crippen LogP) is 5.25. The molecule has 0 N–H and O–H groups in total. The summed E-state index contributed by atoms with van der Waals surface area (Å²) in [6.45, 7) is 6.13.